The van der Waals surface area contributed by atoms with Crippen molar-refractivity contribution in [2.24, 2.45) is 0 Å². The van der Waals surface area contributed by atoms with Crippen molar-refractivity contribution in [3.63, 3.8) is 0 Å². The van der Waals surface area contributed by atoms with Crippen LogP contribution < -0.4 is 0 Å². The summed E-state index contributed by atoms with van der Waals surface area (Å²) in [5.41, 5.74) is 3.55. The highest BCUT2D eigenvalue weighted by molar-refractivity contribution is 6.35. The Balaban J connectivity index is 2.09. The second-order valence-electron chi connectivity index (χ2n) is 5.89. The Bertz CT molecular complexity index is 884. The number of carbonyl (C=O) groups is 1. The van der Waals surface area contributed by atoms with Crippen LogP contribution in [0, 0.1) is 0 Å². The lowest BCUT2D eigenvalue weighted by Gasteiger charge is -2.07. The molecule has 1 atom stereocenters. The summed E-state index contributed by atoms with van der Waals surface area (Å²) >= 11 is 6.37. The molecule has 24 heavy (non-hydrogen) atoms. The first kappa shape index (κ1) is 16.5. The molecule has 3 aromatic rings. The van der Waals surface area contributed by atoms with Gasteiger partial charge in [-0.05, 0) is 25.0 Å². The summed E-state index contributed by atoms with van der Waals surface area (Å²) in [4.78, 5) is 11.1. The molecule has 0 saturated carbocycles. The van der Waals surface area contributed by atoms with E-state index in [0.717, 1.165) is 40.7 Å². The fourth-order valence-corrected chi connectivity index (χ4v) is 3.12. The van der Waals surface area contributed by atoms with Crippen LogP contribution in [0.4, 0.5) is 0 Å². The molecule has 1 heterocycles. The molecule has 1 N–H and O–H groups in total. The van der Waals surface area contributed by atoms with Gasteiger partial charge in [0.1, 0.15) is 5.69 Å². The van der Waals surface area contributed by atoms with E-state index in [4.69, 9.17) is 21.8 Å². The maximum absolute atomic E-state index is 11.1. The largest absolute Gasteiger partial charge is 0.481 e. The van der Waals surface area contributed by atoms with Crippen LogP contribution in [0.2, 0.25) is 5.02 Å². The number of benzene rings is 2. The van der Waals surface area contributed by atoms with Crippen LogP contribution in [0.5, 0.6) is 0 Å². The van der Waals surface area contributed by atoms with Crippen LogP contribution in [0.1, 0.15) is 31.7 Å². The average molecular weight is 343 g/mol. The third kappa shape index (κ3) is 2.89. The monoisotopic (exact) mass is 342 g/mol. The van der Waals surface area contributed by atoms with Crippen LogP contribution >= 0.6 is 11.6 Å². The number of nitrogens with zero attached hydrogens (tertiary/aromatic N) is 2. The Hall–Kier alpha value is -2.33. The Morgan fingerprint density at radius 3 is 2.58 bits per heavy atom. The van der Waals surface area contributed by atoms with Crippen molar-refractivity contribution in [3.8, 4) is 11.3 Å². The number of carboxylic acid groups (broad SMARTS) is 1. The maximum Gasteiger partial charge on any atom is 0.310 e. The third-order valence-electron chi connectivity index (χ3n) is 4.21. The van der Waals surface area contributed by atoms with E-state index in [1.807, 2.05) is 47.1 Å². The number of aryl methyl sites for hydroxylation is 1. The number of aromatic nitrogens is 2. The first-order chi connectivity index (χ1) is 11.5. The van der Waals surface area contributed by atoms with Gasteiger partial charge in [-0.25, -0.2) is 0 Å². The second-order valence-corrected chi connectivity index (χ2v) is 6.30. The van der Waals surface area contributed by atoms with Crippen molar-refractivity contribution < 1.29 is 9.90 Å². The molecule has 0 bridgehead atoms. The summed E-state index contributed by atoms with van der Waals surface area (Å²) in [7, 11) is 0. The van der Waals surface area contributed by atoms with Crippen molar-refractivity contribution in [1.29, 1.82) is 0 Å². The average Bonchev–Trinajstić information content (AvgIpc) is 2.95. The van der Waals surface area contributed by atoms with E-state index >= 15 is 0 Å². The van der Waals surface area contributed by atoms with E-state index in [2.05, 4.69) is 6.92 Å². The first-order valence-electron chi connectivity index (χ1n) is 8.01. The topological polar surface area (TPSA) is 55.1 Å². The smallest absolute Gasteiger partial charge is 0.310 e. The van der Waals surface area contributed by atoms with E-state index in [-0.39, 0.29) is 0 Å². The fraction of sp³-hybridized carbons (Fsp3) is 0.263. The molecule has 124 valence electrons. The van der Waals surface area contributed by atoms with Gasteiger partial charge in [0.05, 0.1) is 16.5 Å². The maximum atomic E-state index is 11.1. The minimum Gasteiger partial charge on any atom is -0.481 e. The Kier molecular flexibility index (Phi) is 4.58. The van der Waals surface area contributed by atoms with Crippen LogP contribution in [-0.4, -0.2) is 20.9 Å². The van der Waals surface area contributed by atoms with Gasteiger partial charge in [-0.1, -0.05) is 54.9 Å². The van der Waals surface area contributed by atoms with E-state index in [0.29, 0.717) is 5.02 Å². The molecule has 2 aromatic carbocycles. The predicted octanol–water partition coefficient (Wildman–Crippen LogP) is 4.95. The summed E-state index contributed by atoms with van der Waals surface area (Å²) in [6.45, 7) is 4.59. The lowest BCUT2D eigenvalue weighted by atomic mass is 9.98. The van der Waals surface area contributed by atoms with Crippen molar-refractivity contribution in [1.82, 2.24) is 9.78 Å². The quantitative estimate of drug-likeness (QED) is 0.713. The number of hydrogen-bond donors (Lipinski definition) is 1. The molecular formula is C19H19ClN2O2. The van der Waals surface area contributed by atoms with E-state index < -0.39 is 11.9 Å². The predicted molar refractivity (Wildman–Crippen MR) is 96.5 cm³/mol. The summed E-state index contributed by atoms with van der Waals surface area (Å²) in [5, 5.41) is 15.6. The van der Waals surface area contributed by atoms with E-state index in [1.165, 1.54) is 0 Å². The van der Waals surface area contributed by atoms with Crippen LogP contribution in [0.3, 0.4) is 0 Å². The zero-order valence-corrected chi connectivity index (χ0v) is 14.4. The second kappa shape index (κ2) is 6.65. The number of carboxylic acids is 1. The lowest BCUT2D eigenvalue weighted by Crippen LogP contribution is -2.06. The van der Waals surface area contributed by atoms with Gasteiger partial charge in [0, 0.05) is 17.5 Å². The van der Waals surface area contributed by atoms with Gasteiger partial charge >= 0.3 is 5.97 Å². The molecule has 1 unspecified atom stereocenters. The molecule has 0 aliphatic heterocycles. The summed E-state index contributed by atoms with van der Waals surface area (Å²) in [6.07, 6.45) is 0.969. The van der Waals surface area contributed by atoms with Crippen molar-refractivity contribution in [2.75, 3.05) is 0 Å². The molecule has 4 nitrogen and oxygen atoms in total. The van der Waals surface area contributed by atoms with Crippen molar-refractivity contribution in [3.05, 3.63) is 53.1 Å². The number of aliphatic carboxylic acids is 1. The van der Waals surface area contributed by atoms with Crippen LogP contribution in [-0.2, 0) is 11.3 Å². The molecule has 0 radical (unpaired) electrons. The number of rotatable bonds is 5. The van der Waals surface area contributed by atoms with E-state index in [1.54, 1.807) is 6.92 Å². The molecule has 5 heteroatoms. The van der Waals surface area contributed by atoms with Crippen molar-refractivity contribution >= 4 is 28.5 Å². The molecule has 0 spiro atoms. The number of halogens is 1. The first-order valence-corrected chi connectivity index (χ1v) is 8.39. The molecule has 0 fully saturated rings. The van der Waals surface area contributed by atoms with Gasteiger partial charge in [0.15, 0.2) is 0 Å². The molecule has 1 aromatic heterocycles. The van der Waals surface area contributed by atoms with Gasteiger partial charge in [0.25, 0.3) is 0 Å². The Labute approximate surface area is 145 Å². The highest BCUT2D eigenvalue weighted by Gasteiger charge is 2.16. The van der Waals surface area contributed by atoms with Gasteiger partial charge in [-0.3, -0.25) is 9.48 Å². The normalized spacial score (nSPS) is 12.5. The molecular weight excluding hydrogens is 324 g/mol. The summed E-state index contributed by atoms with van der Waals surface area (Å²) in [6, 6.07) is 13.4. The Morgan fingerprint density at radius 1 is 1.25 bits per heavy atom. The fourth-order valence-electron chi connectivity index (χ4n) is 2.85. The standard InChI is InChI=1S/C19H19ClN2O2/c1-3-11-22-18-15(5-4-6-16(18)20)17(21-22)14-9-7-13(8-10-14)12(2)19(23)24/h4-10,12H,3,11H2,1-2H3,(H,23,24). The molecule has 0 aliphatic carbocycles. The number of para-hydroxylation sites is 1. The van der Waals surface area contributed by atoms with Gasteiger partial charge in [0.2, 0.25) is 0 Å². The molecule has 0 saturated heterocycles. The number of hydrogen-bond acceptors (Lipinski definition) is 2. The van der Waals surface area contributed by atoms with Crippen LogP contribution in [0.15, 0.2) is 42.5 Å². The highest BCUT2D eigenvalue weighted by atomic mass is 35.5. The zero-order valence-electron chi connectivity index (χ0n) is 13.7. The highest BCUT2D eigenvalue weighted by Crippen LogP contribution is 2.33. The molecule has 0 aliphatic rings. The SMILES string of the molecule is CCCn1nc(-c2ccc(C(C)C(=O)O)cc2)c2cccc(Cl)c21. The minimum atomic E-state index is -0.827. The summed E-state index contributed by atoms with van der Waals surface area (Å²) in [5.74, 6) is -1.35. The number of fused-ring (bicyclic) bond motifs is 1. The molecule has 0 amide bonds. The van der Waals surface area contributed by atoms with E-state index in [9.17, 15) is 4.79 Å². The molecule has 3 rings (SSSR count). The lowest BCUT2D eigenvalue weighted by molar-refractivity contribution is -0.138. The summed E-state index contributed by atoms with van der Waals surface area (Å²) < 4.78 is 1.95. The van der Waals surface area contributed by atoms with Crippen LogP contribution in [0.25, 0.3) is 22.2 Å². The minimum absolute atomic E-state index is 0.525. The zero-order chi connectivity index (χ0) is 17.3. The van der Waals surface area contributed by atoms with Gasteiger partial charge in [-0.15, -0.1) is 0 Å². The van der Waals surface area contributed by atoms with Gasteiger partial charge < -0.3 is 5.11 Å². The Morgan fingerprint density at radius 2 is 1.96 bits per heavy atom. The van der Waals surface area contributed by atoms with Crippen molar-refractivity contribution in [2.45, 2.75) is 32.7 Å². The third-order valence-corrected chi connectivity index (χ3v) is 4.52. The van der Waals surface area contributed by atoms with Gasteiger partial charge in [-0.2, -0.15) is 5.10 Å².